The van der Waals surface area contributed by atoms with Crippen molar-refractivity contribution >= 4 is 0 Å². The molecule has 2 nitrogen and oxygen atoms in total. The van der Waals surface area contributed by atoms with E-state index in [4.69, 9.17) is 4.74 Å². The van der Waals surface area contributed by atoms with Gasteiger partial charge in [0.25, 0.3) is 0 Å². The molecule has 1 N–H and O–H groups in total. The first-order chi connectivity index (χ1) is 11.8. The summed E-state index contributed by atoms with van der Waals surface area (Å²) >= 11 is 0. The van der Waals surface area contributed by atoms with E-state index >= 15 is 0 Å². The highest BCUT2D eigenvalue weighted by atomic mass is 16.5. The maximum absolute atomic E-state index is 11.5. The summed E-state index contributed by atoms with van der Waals surface area (Å²) in [4.78, 5) is 0. The third kappa shape index (κ3) is 2.84. The number of hydrogen-bond acceptors (Lipinski definition) is 2. The Morgan fingerprint density at radius 2 is 1.42 bits per heavy atom. The molecule has 0 saturated heterocycles. The lowest BCUT2D eigenvalue weighted by atomic mass is 9.59. The first-order valence-corrected chi connectivity index (χ1v) is 9.26. The second kappa shape index (κ2) is 6.60. The van der Waals surface area contributed by atoms with Crippen molar-refractivity contribution in [1.82, 2.24) is 0 Å². The van der Waals surface area contributed by atoms with Crippen LogP contribution in [-0.4, -0.2) is 5.11 Å². The van der Waals surface area contributed by atoms with Gasteiger partial charge in [-0.25, -0.2) is 0 Å². The van der Waals surface area contributed by atoms with Crippen LogP contribution in [0, 0.1) is 11.8 Å². The molecule has 2 aromatic carbocycles. The third-order valence-corrected chi connectivity index (χ3v) is 6.02. The number of fused-ring (bicyclic) bond motifs is 2. The Kier molecular flexibility index (Phi) is 4.32. The zero-order valence-electron chi connectivity index (χ0n) is 14.2. The van der Waals surface area contributed by atoms with Crippen LogP contribution in [0.4, 0.5) is 0 Å². The molecule has 2 fully saturated rings. The number of hydrogen-bond donors (Lipinski definition) is 1. The third-order valence-electron chi connectivity index (χ3n) is 6.02. The standard InChI is InChI=1S/C22H26O2/c23-22(18-8-4-9-19(22)11-5-10-18)20-12-14-21(15-13-20)24-16-17-6-2-1-3-7-17/h1-3,6-7,12-15,18-19,23H,4-5,8-11,16H2. The van der Waals surface area contributed by atoms with Crippen LogP contribution in [0.15, 0.2) is 54.6 Å². The Labute approximate surface area is 144 Å². The monoisotopic (exact) mass is 322 g/mol. The van der Waals surface area contributed by atoms with Crippen LogP contribution in [0.2, 0.25) is 0 Å². The van der Waals surface area contributed by atoms with Crippen molar-refractivity contribution in [3.05, 3.63) is 65.7 Å². The maximum Gasteiger partial charge on any atom is 0.119 e. The van der Waals surface area contributed by atoms with E-state index in [1.165, 1.54) is 44.1 Å². The van der Waals surface area contributed by atoms with Gasteiger partial charge in [0.05, 0.1) is 5.60 Å². The van der Waals surface area contributed by atoms with Crippen molar-refractivity contribution in [3.63, 3.8) is 0 Å². The second-order valence-corrected chi connectivity index (χ2v) is 7.38. The highest BCUT2D eigenvalue weighted by molar-refractivity contribution is 5.33. The van der Waals surface area contributed by atoms with Gasteiger partial charge in [0.2, 0.25) is 0 Å². The molecule has 0 spiro atoms. The maximum atomic E-state index is 11.5. The molecule has 126 valence electrons. The van der Waals surface area contributed by atoms with Crippen LogP contribution in [0.1, 0.15) is 49.7 Å². The van der Waals surface area contributed by atoms with E-state index in [1.807, 2.05) is 30.3 Å². The topological polar surface area (TPSA) is 29.5 Å². The summed E-state index contributed by atoms with van der Waals surface area (Å²) < 4.78 is 5.88. The van der Waals surface area contributed by atoms with Crippen molar-refractivity contribution in [3.8, 4) is 5.75 Å². The fourth-order valence-electron chi connectivity index (χ4n) is 4.75. The fourth-order valence-corrected chi connectivity index (χ4v) is 4.75. The van der Waals surface area contributed by atoms with E-state index in [1.54, 1.807) is 0 Å². The summed E-state index contributed by atoms with van der Waals surface area (Å²) in [5.74, 6) is 1.73. The van der Waals surface area contributed by atoms with Gasteiger partial charge in [-0.05, 0) is 60.8 Å². The van der Waals surface area contributed by atoms with Gasteiger partial charge in [-0.15, -0.1) is 0 Å². The van der Waals surface area contributed by atoms with Crippen molar-refractivity contribution in [1.29, 1.82) is 0 Å². The summed E-state index contributed by atoms with van der Waals surface area (Å²) in [6, 6.07) is 18.4. The highest BCUT2D eigenvalue weighted by Gasteiger charge is 2.49. The smallest absolute Gasteiger partial charge is 0.119 e. The number of benzene rings is 2. The average molecular weight is 322 g/mol. The molecule has 0 radical (unpaired) electrons. The quantitative estimate of drug-likeness (QED) is 0.853. The molecule has 2 saturated carbocycles. The fraction of sp³-hybridized carbons (Fsp3) is 0.455. The van der Waals surface area contributed by atoms with Crippen molar-refractivity contribution in [2.75, 3.05) is 0 Å². The van der Waals surface area contributed by atoms with Gasteiger partial charge in [-0.1, -0.05) is 55.3 Å². The minimum Gasteiger partial charge on any atom is -0.489 e. The molecule has 0 aromatic heterocycles. The number of aliphatic hydroxyl groups is 1. The number of ether oxygens (including phenoxy) is 1. The molecule has 2 heteroatoms. The van der Waals surface area contributed by atoms with Gasteiger partial charge in [0, 0.05) is 0 Å². The molecule has 2 aliphatic carbocycles. The molecular weight excluding hydrogens is 296 g/mol. The SMILES string of the molecule is OC1(c2ccc(OCc3ccccc3)cc2)C2CCCC1CCC2. The minimum atomic E-state index is -0.617. The lowest BCUT2D eigenvalue weighted by molar-refractivity contribution is -0.126. The van der Waals surface area contributed by atoms with Crippen LogP contribution in [0.5, 0.6) is 5.75 Å². The van der Waals surface area contributed by atoms with Crippen LogP contribution >= 0.6 is 0 Å². The largest absolute Gasteiger partial charge is 0.489 e. The first kappa shape index (κ1) is 15.7. The van der Waals surface area contributed by atoms with Gasteiger partial charge < -0.3 is 9.84 Å². The predicted octanol–water partition coefficient (Wildman–Crippen LogP) is 5.05. The van der Waals surface area contributed by atoms with Gasteiger partial charge in [0.1, 0.15) is 12.4 Å². The molecule has 24 heavy (non-hydrogen) atoms. The molecule has 2 aliphatic rings. The molecule has 0 atom stereocenters. The van der Waals surface area contributed by atoms with Crippen LogP contribution in [0.25, 0.3) is 0 Å². The highest BCUT2D eigenvalue weighted by Crippen LogP contribution is 2.52. The molecule has 4 rings (SSSR count). The van der Waals surface area contributed by atoms with E-state index in [0.29, 0.717) is 18.4 Å². The number of rotatable bonds is 4. The zero-order valence-corrected chi connectivity index (χ0v) is 14.2. The van der Waals surface area contributed by atoms with E-state index < -0.39 is 5.60 Å². The van der Waals surface area contributed by atoms with Gasteiger partial charge in [-0.3, -0.25) is 0 Å². The average Bonchev–Trinajstić information content (AvgIpc) is 2.61. The molecule has 2 aromatic rings. The Morgan fingerprint density at radius 1 is 0.833 bits per heavy atom. The Hall–Kier alpha value is -1.80. The zero-order chi connectivity index (χ0) is 16.4. The Morgan fingerprint density at radius 3 is 2.00 bits per heavy atom. The van der Waals surface area contributed by atoms with E-state index in [2.05, 4.69) is 24.3 Å². The Bertz CT molecular complexity index is 640. The summed E-state index contributed by atoms with van der Waals surface area (Å²) in [6.45, 7) is 0.579. The summed E-state index contributed by atoms with van der Waals surface area (Å²) in [5, 5.41) is 11.5. The molecule has 0 aliphatic heterocycles. The predicted molar refractivity (Wildman–Crippen MR) is 95.8 cm³/mol. The lowest BCUT2D eigenvalue weighted by Gasteiger charge is -2.50. The van der Waals surface area contributed by atoms with Crippen LogP contribution in [-0.2, 0) is 12.2 Å². The van der Waals surface area contributed by atoms with Crippen molar-refractivity contribution in [2.24, 2.45) is 11.8 Å². The Balaban J connectivity index is 1.49. The summed E-state index contributed by atoms with van der Waals surface area (Å²) in [5.41, 5.74) is 1.64. The van der Waals surface area contributed by atoms with E-state index in [0.717, 1.165) is 11.3 Å². The minimum absolute atomic E-state index is 0.432. The van der Waals surface area contributed by atoms with E-state index in [9.17, 15) is 5.11 Å². The van der Waals surface area contributed by atoms with Crippen LogP contribution < -0.4 is 4.74 Å². The molecule has 0 unspecified atom stereocenters. The second-order valence-electron chi connectivity index (χ2n) is 7.38. The summed E-state index contributed by atoms with van der Waals surface area (Å²) in [7, 11) is 0. The molecule has 0 amide bonds. The first-order valence-electron chi connectivity index (χ1n) is 9.26. The van der Waals surface area contributed by atoms with Crippen molar-refractivity contribution < 1.29 is 9.84 Å². The van der Waals surface area contributed by atoms with Crippen LogP contribution in [0.3, 0.4) is 0 Å². The normalized spacial score (nSPS) is 29.2. The lowest BCUT2D eigenvalue weighted by Crippen LogP contribution is -2.47. The molecule has 2 bridgehead atoms. The van der Waals surface area contributed by atoms with E-state index in [-0.39, 0.29) is 0 Å². The van der Waals surface area contributed by atoms with Gasteiger partial charge >= 0.3 is 0 Å². The van der Waals surface area contributed by atoms with Gasteiger partial charge in [0.15, 0.2) is 0 Å². The molecular formula is C22H26O2. The van der Waals surface area contributed by atoms with Crippen molar-refractivity contribution in [2.45, 2.75) is 50.7 Å². The van der Waals surface area contributed by atoms with Gasteiger partial charge in [-0.2, -0.15) is 0 Å². The molecule has 0 heterocycles. The summed E-state index contributed by atoms with van der Waals surface area (Å²) in [6.07, 6.45) is 7.21.